The molecule has 1 aliphatic carbocycles. The molecular weight excluding hydrogens is 441 g/mol. The summed E-state index contributed by atoms with van der Waals surface area (Å²) in [5, 5.41) is 1.12. The lowest BCUT2D eigenvalue weighted by Gasteiger charge is -2.18. The molecule has 1 amide bonds. The average molecular weight is 464 g/mol. The van der Waals surface area contributed by atoms with Crippen molar-refractivity contribution in [1.82, 2.24) is 19.4 Å². The van der Waals surface area contributed by atoms with Crippen molar-refractivity contribution in [3.8, 4) is 11.1 Å². The quantitative estimate of drug-likeness (QED) is 0.363. The molecule has 0 N–H and O–H groups in total. The largest absolute Gasteiger partial charge is 0.310 e. The highest BCUT2D eigenvalue weighted by atomic mass is 19.1. The zero-order valence-electron chi connectivity index (χ0n) is 19.0. The zero-order chi connectivity index (χ0) is 23.6. The molecule has 172 valence electrons. The molecule has 5 aromatic rings. The second-order valence-corrected chi connectivity index (χ2v) is 9.43. The summed E-state index contributed by atoms with van der Waals surface area (Å²) < 4.78 is 17.1. The summed E-state index contributed by atoms with van der Waals surface area (Å²) >= 11 is 0. The van der Waals surface area contributed by atoms with Gasteiger partial charge in [-0.15, -0.1) is 0 Å². The number of pyridine rings is 1. The Hall–Kier alpha value is -4.13. The average Bonchev–Trinajstić information content (AvgIpc) is 3.39. The maximum Gasteiger partial charge on any atom is 0.233 e. The van der Waals surface area contributed by atoms with Crippen LogP contribution in [0.3, 0.4) is 0 Å². The maximum atomic E-state index is 15.0. The molecule has 3 aromatic heterocycles. The molecule has 1 saturated carbocycles. The van der Waals surface area contributed by atoms with Gasteiger partial charge in [-0.1, -0.05) is 30.3 Å². The highest BCUT2D eigenvalue weighted by molar-refractivity contribution is 5.95. The number of halogens is 1. The molecule has 0 radical (unpaired) electrons. The first-order chi connectivity index (χ1) is 17.1. The Labute approximate surface area is 201 Å². The lowest BCUT2D eigenvalue weighted by molar-refractivity contribution is -0.117. The van der Waals surface area contributed by atoms with E-state index in [0.717, 1.165) is 41.4 Å². The van der Waals surface area contributed by atoms with Crippen LogP contribution in [-0.2, 0) is 10.2 Å². The Morgan fingerprint density at radius 3 is 2.60 bits per heavy atom. The summed E-state index contributed by atoms with van der Waals surface area (Å²) in [6, 6.07) is 15.4. The van der Waals surface area contributed by atoms with E-state index < -0.39 is 5.82 Å². The van der Waals surface area contributed by atoms with Crippen LogP contribution in [0, 0.1) is 5.82 Å². The number of carbonyl (C=O) groups excluding carboxylic acids is 1. The van der Waals surface area contributed by atoms with Gasteiger partial charge >= 0.3 is 0 Å². The number of hydrogen-bond donors (Lipinski definition) is 0. The van der Waals surface area contributed by atoms with Gasteiger partial charge in [-0.2, -0.15) is 0 Å². The van der Waals surface area contributed by atoms with Crippen LogP contribution in [0.5, 0.6) is 0 Å². The standard InChI is InChI=1S/C28H22FN5O/c29-22-14-19(8-9-23(22)33-13-3-7-25(33)35)20-15-31-27-32-16-24(34(27)17-20)28(10-11-28)21-6-1-4-18-5-2-12-30-26(18)21/h1-2,4-6,8-9,12,14-17H,3,7,10-11,13H2. The Morgan fingerprint density at radius 1 is 0.943 bits per heavy atom. The van der Waals surface area contributed by atoms with Crippen LogP contribution >= 0.6 is 0 Å². The summed E-state index contributed by atoms with van der Waals surface area (Å²) in [4.78, 5) is 27.4. The van der Waals surface area contributed by atoms with Crippen molar-refractivity contribution in [2.75, 3.05) is 11.4 Å². The van der Waals surface area contributed by atoms with Crippen molar-refractivity contribution in [1.29, 1.82) is 0 Å². The van der Waals surface area contributed by atoms with Gasteiger partial charge in [-0.05, 0) is 48.6 Å². The fourth-order valence-corrected chi connectivity index (χ4v) is 5.46. The van der Waals surface area contributed by atoms with Crippen LogP contribution in [-0.4, -0.2) is 31.8 Å². The number of rotatable bonds is 4. The van der Waals surface area contributed by atoms with Gasteiger partial charge in [0, 0.05) is 47.9 Å². The predicted octanol–water partition coefficient (Wildman–Crippen LogP) is 5.29. The van der Waals surface area contributed by atoms with Crippen LogP contribution in [0.2, 0.25) is 0 Å². The Kier molecular flexibility index (Phi) is 4.30. The fourth-order valence-electron chi connectivity index (χ4n) is 5.46. The summed E-state index contributed by atoms with van der Waals surface area (Å²) in [5.41, 5.74) is 4.96. The van der Waals surface area contributed by atoms with Crippen LogP contribution < -0.4 is 4.90 Å². The monoisotopic (exact) mass is 463 g/mol. The fraction of sp³-hybridized carbons (Fsp3) is 0.214. The van der Waals surface area contributed by atoms with Crippen molar-refractivity contribution in [3.05, 3.63) is 90.4 Å². The van der Waals surface area contributed by atoms with E-state index in [9.17, 15) is 4.79 Å². The molecule has 0 bridgehead atoms. The highest BCUT2D eigenvalue weighted by Gasteiger charge is 2.49. The number of benzene rings is 2. The third kappa shape index (κ3) is 3.07. The van der Waals surface area contributed by atoms with Gasteiger partial charge in [0.1, 0.15) is 5.82 Å². The van der Waals surface area contributed by atoms with E-state index in [2.05, 4.69) is 39.2 Å². The lowest BCUT2D eigenvalue weighted by Crippen LogP contribution is -2.24. The van der Waals surface area contributed by atoms with Crippen LogP contribution in [0.15, 0.2) is 73.3 Å². The highest BCUT2D eigenvalue weighted by Crippen LogP contribution is 2.54. The number of nitrogens with zero attached hydrogens (tertiary/aromatic N) is 5. The second-order valence-electron chi connectivity index (χ2n) is 9.43. The number of amides is 1. The number of anilines is 1. The normalized spacial score (nSPS) is 16.9. The smallest absolute Gasteiger partial charge is 0.233 e. The van der Waals surface area contributed by atoms with Crippen LogP contribution in [0.4, 0.5) is 10.1 Å². The third-order valence-electron chi connectivity index (χ3n) is 7.40. The molecular formula is C28H22FN5O. The van der Waals surface area contributed by atoms with Crippen LogP contribution in [0.25, 0.3) is 27.8 Å². The van der Waals surface area contributed by atoms with Crippen molar-refractivity contribution in [2.24, 2.45) is 0 Å². The first kappa shape index (κ1) is 20.3. The van der Waals surface area contributed by atoms with E-state index >= 15 is 4.39 Å². The minimum absolute atomic E-state index is 0.0274. The third-order valence-corrected chi connectivity index (χ3v) is 7.40. The van der Waals surface area contributed by atoms with E-state index in [0.29, 0.717) is 30.0 Å². The van der Waals surface area contributed by atoms with Gasteiger partial charge in [0.2, 0.25) is 11.7 Å². The summed E-state index contributed by atoms with van der Waals surface area (Å²) in [7, 11) is 0. The van der Waals surface area contributed by atoms with Gasteiger partial charge in [0.05, 0.1) is 23.1 Å². The first-order valence-corrected chi connectivity index (χ1v) is 11.9. The van der Waals surface area contributed by atoms with E-state index in [1.165, 1.54) is 16.5 Å². The van der Waals surface area contributed by atoms with E-state index in [1.54, 1.807) is 12.3 Å². The Morgan fingerprint density at radius 2 is 1.80 bits per heavy atom. The summed E-state index contributed by atoms with van der Waals surface area (Å²) in [6.45, 7) is 0.562. The molecule has 4 heterocycles. The molecule has 1 aliphatic heterocycles. The summed E-state index contributed by atoms with van der Waals surface area (Å²) in [6.07, 6.45) is 10.7. The molecule has 0 spiro atoms. The molecule has 2 aromatic carbocycles. The number of aromatic nitrogens is 4. The molecule has 2 aliphatic rings. The first-order valence-electron chi connectivity index (χ1n) is 11.9. The maximum absolute atomic E-state index is 15.0. The van der Waals surface area contributed by atoms with Gasteiger partial charge in [0.15, 0.2) is 0 Å². The number of hydrogen-bond acceptors (Lipinski definition) is 4. The lowest BCUT2D eigenvalue weighted by atomic mass is 9.90. The molecule has 6 nitrogen and oxygen atoms in total. The molecule has 35 heavy (non-hydrogen) atoms. The van der Waals surface area contributed by atoms with Gasteiger partial charge in [0.25, 0.3) is 0 Å². The molecule has 7 heteroatoms. The minimum atomic E-state index is -0.399. The van der Waals surface area contributed by atoms with Crippen molar-refractivity contribution in [3.63, 3.8) is 0 Å². The Bertz CT molecular complexity index is 1630. The molecule has 7 rings (SSSR count). The topological polar surface area (TPSA) is 63.4 Å². The van der Waals surface area contributed by atoms with Crippen molar-refractivity contribution >= 4 is 28.3 Å². The zero-order valence-corrected chi connectivity index (χ0v) is 19.0. The second kappa shape index (κ2) is 7.43. The van der Waals surface area contributed by atoms with E-state index in [1.807, 2.05) is 35.1 Å². The minimum Gasteiger partial charge on any atom is -0.310 e. The molecule has 0 unspecified atom stereocenters. The summed E-state index contributed by atoms with van der Waals surface area (Å²) in [5.74, 6) is 0.188. The van der Waals surface area contributed by atoms with Gasteiger partial charge in [-0.25, -0.2) is 14.4 Å². The predicted molar refractivity (Wildman–Crippen MR) is 132 cm³/mol. The van der Waals surface area contributed by atoms with E-state index in [4.69, 9.17) is 0 Å². The number of para-hydroxylation sites is 1. The molecule has 0 atom stereocenters. The number of carbonyl (C=O) groups is 1. The molecule has 1 saturated heterocycles. The van der Waals surface area contributed by atoms with Crippen molar-refractivity contribution in [2.45, 2.75) is 31.1 Å². The van der Waals surface area contributed by atoms with Crippen molar-refractivity contribution < 1.29 is 9.18 Å². The SMILES string of the molecule is O=C1CCCN1c1ccc(-c2cnc3ncc(C4(c5cccc6cccnc56)CC4)n3c2)cc1F. The molecule has 2 fully saturated rings. The Balaban J connectivity index is 1.32. The van der Waals surface area contributed by atoms with E-state index in [-0.39, 0.29) is 11.3 Å². The number of imidazole rings is 1. The number of fused-ring (bicyclic) bond motifs is 2. The van der Waals surface area contributed by atoms with Gasteiger partial charge in [-0.3, -0.25) is 14.2 Å². The van der Waals surface area contributed by atoms with Gasteiger partial charge < -0.3 is 4.90 Å². The van der Waals surface area contributed by atoms with Crippen LogP contribution in [0.1, 0.15) is 36.9 Å².